The Morgan fingerprint density at radius 3 is 2.67 bits per heavy atom. The van der Waals surface area contributed by atoms with Gasteiger partial charge in [-0.15, -0.1) is 0 Å². The molecule has 1 saturated heterocycles. The Hall–Kier alpha value is -4.38. The first-order chi connectivity index (χ1) is 18.8. The average Bonchev–Trinajstić information content (AvgIpc) is 3.47. The van der Waals surface area contributed by atoms with Crippen LogP contribution in [0.5, 0.6) is 17.2 Å². The highest BCUT2D eigenvalue weighted by molar-refractivity contribution is 7.17. The number of esters is 1. The summed E-state index contributed by atoms with van der Waals surface area (Å²) in [4.78, 5) is 45.1. The molecule has 5 rings (SSSR count). The van der Waals surface area contributed by atoms with Gasteiger partial charge in [0.05, 0.1) is 31.0 Å². The summed E-state index contributed by atoms with van der Waals surface area (Å²) in [5.74, 6) is -1.27. The van der Waals surface area contributed by atoms with Gasteiger partial charge >= 0.3 is 11.9 Å². The summed E-state index contributed by atoms with van der Waals surface area (Å²) < 4.78 is 21.8. The van der Waals surface area contributed by atoms with Crippen molar-refractivity contribution >= 4 is 39.9 Å². The number of methoxy groups -OCH3 is 1. The highest BCUT2D eigenvalue weighted by Crippen LogP contribution is 2.45. The van der Waals surface area contributed by atoms with Crippen LogP contribution in [0.1, 0.15) is 45.9 Å². The number of ketones is 1. The molecule has 0 aliphatic carbocycles. The van der Waals surface area contributed by atoms with Crippen LogP contribution >= 0.6 is 11.3 Å². The molecule has 2 aromatic carbocycles. The molecule has 0 saturated carbocycles. The van der Waals surface area contributed by atoms with E-state index in [0.717, 1.165) is 17.8 Å². The zero-order valence-corrected chi connectivity index (χ0v) is 22.4. The van der Waals surface area contributed by atoms with E-state index in [1.165, 1.54) is 12.0 Å². The third-order valence-corrected chi connectivity index (χ3v) is 7.41. The van der Waals surface area contributed by atoms with Crippen molar-refractivity contribution in [2.75, 3.05) is 31.8 Å². The number of anilines is 1. The van der Waals surface area contributed by atoms with Crippen LogP contribution in [-0.2, 0) is 14.3 Å². The number of fused-ring (bicyclic) bond motifs is 1. The molecular formula is C28H26N2O8S. The van der Waals surface area contributed by atoms with Crippen molar-refractivity contribution in [3.8, 4) is 17.2 Å². The number of thiazole rings is 1. The quantitative estimate of drug-likeness (QED) is 0.197. The van der Waals surface area contributed by atoms with Gasteiger partial charge in [0.15, 0.2) is 16.6 Å². The molecule has 0 bridgehead atoms. The molecule has 1 fully saturated rings. The Morgan fingerprint density at radius 1 is 1.15 bits per heavy atom. The normalized spacial score (nSPS) is 17.8. The molecule has 10 nitrogen and oxygen atoms in total. The number of ether oxygens (including phenoxy) is 4. The minimum Gasteiger partial charge on any atom is -0.507 e. The van der Waals surface area contributed by atoms with Crippen LogP contribution in [0.25, 0.3) is 5.76 Å². The number of hydrogen-bond acceptors (Lipinski definition) is 10. The number of amides is 1. The van der Waals surface area contributed by atoms with Gasteiger partial charge in [-0.2, -0.15) is 0 Å². The summed E-state index contributed by atoms with van der Waals surface area (Å²) in [6, 6.07) is 10.7. The first-order valence-electron chi connectivity index (χ1n) is 12.3. The highest BCUT2D eigenvalue weighted by Gasteiger charge is 2.48. The lowest BCUT2D eigenvalue weighted by Crippen LogP contribution is -2.29. The first-order valence-corrected chi connectivity index (χ1v) is 13.1. The molecule has 0 unspecified atom stereocenters. The topological polar surface area (TPSA) is 124 Å². The number of benzene rings is 2. The number of aliphatic hydroxyl groups excluding tert-OH is 1. The van der Waals surface area contributed by atoms with Crippen molar-refractivity contribution in [3.05, 3.63) is 69.7 Å². The van der Waals surface area contributed by atoms with Crippen LogP contribution in [0.3, 0.4) is 0 Å². The molecule has 1 N–H and O–H groups in total. The van der Waals surface area contributed by atoms with Crippen molar-refractivity contribution in [2.24, 2.45) is 0 Å². The number of aryl methyl sites for hydroxylation is 1. The van der Waals surface area contributed by atoms with E-state index < -0.39 is 23.7 Å². The number of rotatable bonds is 7. The van der Waals surface area contributed by atoms with Crippen molar-refractivity contribution in [1.29, 1.82) is 0 Å². The summed E-state index contributed by atoms with van der Waals surface area (Å²) in [5, 5.41) is 11.6. The molecule has 3 aromatic rings. The van der Waals surface area contributed by atoms with Crippen LogP contribution in [0, 0.1) is 6.92 Å². The Bertz CT molecular complexity index is 1490. The van der Waals surface area contributed by atoms with E-state index in [2.05, 4.69) is 4.98 Å². The third kappa shape index (κ3) is 4.81. The summed E-state index contributed by atoms with van der Waals surface area (Å²) >= 11 is 0.935. The number of aliphatic hydroxyl groups is 1. The standard InChI is InChI=1S/C28H26N2O8S/c1-4-10-36-18-7-5-6-16(13-18)22-21(23(31)17-8-9-19-20(14-17)38-12-11-37-19)24(32)26(33)30(22)28-29-15(2)25(39-28)27(34)35-3/h5-9,13-14,22,31H,4,10-12H2,1-3H3/b23-21+/t22-/m1/s1. The predicted octanol–water partition coefficient (Wildman–Crippen LogP) is 4.42. The van der Waals surface area contributed by atoms with Gasteiger partial charge in [-0.1, -0.05) is 30.4 Å². The van der Waals surface area contributed by atoms with Crippen LogP contribution in [-0.4, -0.2) is 54.7 Å². The monoisotopic (exact) mass is 550 g/mol. The van der Waals surface area contributed by atoms with Gasteiger partial charge in [0, 0.05) is 5.56 Å². The van der Waals surface area contributed by atoms with Gasteiger partial charge in [-0.3, -0.25) is 14.5 Å². The van der Waals surface area contributed by atoms with Gasteiger partial charge in [-0.05, 0) is 49.2 Å². The molecule has 0 spiro atoms. The van der Waals surface area contributed by atoms with Gasteiger partial charge in [0.2, 0.25) is 0 Å². The minimum absolute atomic E-state index is 0.126. The lowest BCUT2D eigenvalue weighted by molar-refractivity contribution is -0.132. The molecule has 202 valence electrons. The SMILES string of the molecule is CCCOc1cccc([C@@H]2/C(=C(\O)c3ccc4c(c3)OCCO4)C(=O)C(=O)N2c2nc(C)c(C(=O)OC)s2)c1. The van der Waals surface area contributed by atoms with E-state index >= 15 is 0 Å². The second kappa shape index (κ2) is 10.8. The van der Waals surface area contributed by atoms with Crippen LogP contribution < -0.4 is 19.1 Å². The summed E-state index contributed by atoms with van der Waals surface area (Å²) in [5.41, 5.74) is 1.03. The molecule has 0 radical (unpaired) electrons. The highest BCUT2D eigenvalue weighted by atomic mass is 32.1. The first kappa shape index (κ1) is 26.2. The fraction of sp³-hybridized carbons (Fsp3) is 0.286. The number of nitrogens with zero attached hydrogens (tertiary/aromatic N) is 2. The maximum absolute atomic E-state index is 13.5. The lowest BCUT2D eigenvalue weighted by Gasteiger charge is -2.24. The van der Waals surface area contributed by atoms with Crippen LogP contribution in [0.4, 0.5) is 5.13 Å². The van der Waals surface area contributed by atoms with Crippen LogP contribution in [0.15, 0.2) is 48.0 Å². The summed E-state index contributed by atoms with van der Waals surface area (Å²) in [6.07, 6.45) is 0.793. The second-order valence-corrected chi connectivity index (χ2v) is 9.83. The Labute approximate surface area is 228 Å². The fourth-order valence-electron chi connectivity index (χ4n) is 4.45. The Balaban J connectivity index is 1.68. The maximum atomic E-state index is 13.5. The second-order valence-electron chi connectivity index (χ2n) is 8.85. The van der Waals surface area contributed by atoms with Gasteiger partial charge in [-0.25, -0.2) is 9.78 Å². The molecule has 3 heterocycles. The molecule has 1 aromatic heterocycles. The lowest BCUT2D eigenvalue weighted by atomic mass is 9.95. The zero-order chi connectivity index (χ0) is 27.7. The summed E-state index contributed by atoms with van der Waals surface area (Å²) in [7, 11) is 1.25. The Morgan fingerprint density at radius 2 is 1.92 bits per heavy atom. The number of Topliss-reactive ketones (excluding diaryl/α,β-unsaturated/α-hetero) is 1. The maximum Gasteiger partial charge on any atom is 0.350 e. The van der Waals surface area contributed by atoms with Crippen LogP contribution in [0.2, 0.25) is 0 Å². The molecule has 2 aliphatic heterocycles. The van der Waals surface area contributed by atoms with Gasteiger partial charge in [0.1, 0.15) is 29.6 Å². The van der Waals surface area contributed by atoms with Gasteiger partial charge < -0.3 is 24.1 Å². The fourth-order valence-corrected chi connectivity index (χ4v) is 5.46. The zero-order valence-electron chi connectivity index (χ0n) is 21.6. The number of hydrogen-bond donors (Lipinski definition) is 1. The largest absolute Gasteiger partial charge is 0.507 e. The molecule has 1 atom stereocenters. The average molecular weight is 551 g/mol. The summed E-state index contributed by atoms with van der Waals surface area (Å²) in [6.45, 7) is 4.83. The van der Waals surface area contributed by atoms with Crippen molar-refractivity contribution < 1.29 is 38.4 Å². The number of carbonyl (C=O) groups is 3. The molecular weight excluding hydrogens is 524 g/mol. The third-order valence-electron chi connectivity index (χ3n) is 6.27. The Kier molecular flexibility index (Phi) is 7.25. The minimum atomic E-state index is -1.04. The molecule has 1 amide bonds. The molecule has 11 heteroatoms. The van der Waals surface area contributed by atoms with Crippen molar-refractivity contribution in [3.63, 3.8) is 0 Å². The van der Waals surface area contributed by atoms with E-state index in [-0.39, 0.29) is 26.9 Å². The van der Waals surface area contributed by atoms with Crippen molar-refractivity contribution in [1.82, 2.24) is 4.98 Å². The molecule has 39 heavy (non-hydrogen) atoms. The number of aromatic nitrogens is 1. The van der Waals surface area contributed by atoms with E-state index in [0.29, 0.717) is 48.3 Å². The smallest absolute Gasteiger partial charge is 0.350 e. The van der Waals surface area contributed by atoms with E-state index in [9.17, 15) is 19.5 Å². The number of carbonyl (C=O) groups excluding carboxylic acids is 3. The van der Waals surface area contributed by atoms with E-state index in [4.69, 9.17) is 18.9 Å². The molecule has 2 aliphatic rings. The van der Waals surface area contributed by atoms with E-state index in [1.54, 1.807) is 49.4 Å². The van der Waals surface area contributed by atoms with Gasteiger partial charge in [0.25, 0.3) is 5.78 Å². The van der Waals surface area contributed by atoms with Crippen molar-refractivity contribution in [2.45, 2.75) is 26.3 Å². The van der Waals surface area contributed by atoms with E-state index in [1.807, 2.05) is 6.92 Å². The predicted molar refractivity (Wildman–Crippen MR) is 143 cm³/mol.